The standard InChI is InChI=1S/C25H25N5O3S/c1-16(31)27-20-6-4-3-5-19(20)23-26-13-21-24(28-23)29-11-12-33-15-22(29)25(32)30(21)14-17-7-9-18(34-2)10-8-17/h3-10,13,22H,11-12,14-15H2,1-2H3,(H,27,31). The summed E-state index contributed by atoms with van der Waals surface area (Å²) in [6, 6.07) is 15.2. The number of fused-ring (bicyclic) bond motifs is 3. The molecule has 2 aliphatic rings. The van der Waals surface area contributed by atoms with Crippen molar-refractivity contribution in [2.45, 2.75) is 24.4 Å². The van der Waals surface area contributed by atoms with Gasteiger partial charge in [-0.15, -0.1) is 11.8 Å². The van der Waals surface area contributed by atoms with E-state index < -0.39 is 6.04 Å². The number of ether oxygens (including phenoxy) is 1. The van der Waals surface area contributed by atoms with Gasteiger partial charge in [0.25, 0.3) is 5.91 Å². The maximum absolute atomic E-state index is 13.5. The SMILES string of the molecule is CSc1ccc(CN2C(=O)C3COCCN3c3nc(-c4ccccc4NC(C)=O)ncc32)cc1. The highest BCUT2D eigenvalue weighted by molar-refractivity contribution is 7.98. The number of rotatable bonds is 5. The molecule has 1 saturated heterocycles. The number of aromatic nitrogens is 2. The second-order valence-electron chi connectivity index (χ2n) is 8.19. The molecule has 3 heterocycles. The summed E-state index contributed by atoms with van der Waals surface area (Å²) in [5.74, 6) is 1.02. The first-order chi connectivity index (χ1) is 16.5. The molecular formula is C25H25N5O3S. The van der Waals surface area contributed by atoms with E-state index in [2.05, 4.69) is 22.4 Å². The van der Waals surface area contributed by atoms with Crippen molar-refractivity contribution in [3.05, 3.63) is 60.3 Å². The van der Waals surface area contributed by atoms with Crippen LogP contribution in [0.1, 0.15) is 12.5 Å². The molecule has 8 nitrogen and oxygen atoms in total. The van der Waals surface area contributed by atoms with Crippen LogP contribution in [0, 0.1) is 0 Å². The molecule has 1 N–H and O–H groups in total. The molecule has 0 saturated carbocycles. The van der Waals surface area contributed by atoms with Gasteiger partial charge in [0.05, 0.1) is 31.6 Å². The number of carbonyl (C=O) groups is 2. The van der Waals surface area contributed by atoms with Gasteiger partial charge in [-0.2, -0.15) is 0 Å². The molecule has 2 aliphatic heterocycles. The number of anilines is 3. The van der Waals surface area contributed by atoms with E-state index in [1.807, 2.05) is 47.6 Å². The molecule has 1 atom stereocenters. The van der Waals surface area contributed by atoms with Crippen molar-refractivity contribution in [1.82, 2.24) is 9.97 Å². The highest BCUT2D eigenvalue weighted by Gasteiger charge is 2.41. The maximum Gasteiger partial charge on any atom is 0.252 e. The number of morpholine rings is 1. The summed E-state index contributed by atoms with van der Waals surface area (Å²) < 4.78 is 5.65. The van der Waals surface area contributed by atoms with Crippen LogP contribution in [0.15, 0.2) is 59.6 Å². The molecule has 1 aromatic heterocycles. The number of benzene rings is 2. The quantitative estimate of drug-likeness (QED) is 0.565. The van der Waals surface area contributed by atoms with Crippen LogP contribution < -0.4 is 15.1 Å². The highest BCUT2D eigenvalue weighted by Crippen LogP contribution is 2.38. The molecule has 2 aromatic carbocycles. The molecule has 3 aromatic rings. The fourth-order valence-corrected chi connectivity index (χ4v) is 4.72. The number of nitrogens with zero attached hydrogens (tertiary/aromatic N) is 4. The summed E-state index contributed by atoms with van der Waals surface area (Å²) in [5.41, 5.74) is 3.08. The summed E-state index contributed by atoms with van der Waals surface area (Å²) in [5, 5.41) is 2.85. The zero-order valence-corrected chi connectivity index (χ0v) is 19.8. The molecule has 0 radical (unpaired) electrons. The Kier molecular flexibility index (Phi) is 6.21. The van der Waals surface area contributed by atoms with E-state index in [1.54, 1.807) is 22.9 Å². The Morgan fingerprint density at radius 1 is 1.21 bits per heavy atom. The van der Waals surface area contributed by atoms with Crippen LogP contribution in [-0.2, 0) is 20.9 Å². The van der Waals surface area contributed by atoms with Gasteiger partial charge in [0.15, 0.2) is 11.6 Å². The van der Waals surface area contributed by atoms with Crippen molar-refractivity contribution in [3.8, 4) is 11.4 Å². The van der Waals surface area contributed by atoms with E-state index in [0.717, 1.165) is 11.1 Å². The Labute approximate surface area is 202 Å². The maximum atomic E-state index is 13.5. The first kappa shape index (κ1) is 22.4. The van der Waals surface area contributed by atoms with Crippen molar-refractivity contribution in [2.24, 2.45) is 0 Å². The smallest absolute Gasteiger partial charge is 0.252 e. The van der Waals surface area contributed by atoms with Gasteiger partial charge in [-0.05, 0) is 36.1 Å². The van der Waals surface area contributed by atoms with Crippen molar-refractivity contribution in [2.75, 3.05) is 41.1 Å². The Balaban J connectivity index is 1.56. The number of amides is 2. The molecule has 9 heteroatoms. The largest absolute Gasteiger partial charge is 0.377 e. The van der Waals surface area contributed by atoms with E-state index >= 15 is 0 Å². The van der Waals surface area contributed by atoms with Crippen LogP contribution >= 0.6 is 11.8 Å². The Bertz CT molecular complexity index is 1230. The lowest BCUT2D eigenvalue weighted by atomic mass is 10.1. The summed E-state index contributed by atoms with van der Waals surface area (Å²) in [7, 11) is 0. The van der Waals surface area contributed by atoms with Crippen LogP contribution in [0.5, 0.6) is 0 Å². The fraction of sp³-hybridized carbons (Fsp3) is 0.280. The van der Waals surface area contributed by atoms with E-state index in [0.29, 0.717) is 49.3 Å². The van der Waals surface area contributed by atoms with E-state index in [4.69, 9.17) is 9.72 Å². The number of carbonyl (C=O) groups excluding carboxylic acids is 2. The van der Waals surface area contributed by atoms with Crippen molar-refractivity contribution < 1.29 is 14.3 Å². The zero-order valence-electron chi connectivity index (χ0n) is 19.0. The van der Waals surface area contributed by atoms with Crippen molar-refractivity contribution >= 4 is 40.8 Å². The molecule has 0 bridgehead atoms. The van der Waals surface area contributed by atoms with Crippen LogP contribution in [0.4, 0.5) is 17.2 Å². The molecule has 34 heavy (non-hydrogen) atoms. The van der Waals surface area contributed by atoms with Gasteiger partial charge < -0.3 is 19.9 Å². The lowest BCUT2D eigenvalue weighted by Gasteiger charge is -2.44. The average molecular weight is 476 g/mol. The van der Waals surface area contributed by atoms with Crippen LogP contribution in [-0.4, -0.2) is 53.8 Å². The van der Waals surface area contributed by atoms with Crippen LogP contribution in [0.3, 0.4) is 0 Å². The summed E-state index contributed by atoms with van der Waals surface area (Å²) in [4.78, 5) is 39.6. The van der Waals surface area contributed by atoms with Gasteiger partial charge in [0, 0.05) is 23.9 Å². The predicted octanol–water partition coefficient (Wildman–Crippen LogP) is 3.58. The molecule has 5 rings (SSSR count). The monoisotopic (exact) mass is 475 g/mol. The number of hydrogen-bond donors (Lipinski definition) is 1. The lowest BCUT2D eigenvalue weighted by molar-refractivity contribution is -0.122. The average Bonchev–Trinajstić information content (AvgIpc) is 2.86. The second kappa shape index (κ2) is 9.44. The molecule has 1 unspecified atom stereocenters. The van der Waals surface area contributed by atoms with Gasteiger partial charge >= 0.3 is 0 Å². The van der Waals surface area contributed by atoms with Gasteiger partial charge in [0.1, 0.15) is 11.7 Å². The number of nitrogens with one attached hydrogen (secondary N) is 1. The molecular weight excluding hydrogens is 450 g/mol. The second-order valence-corrected chi connectivity index (χ2v) is 9.07. The minimum atomic E-state index is -0.431. The Morgan fingerprint density at radius 2 is 2.00 bits per heavy atom. The minimum Gasteiger partial charge on any atom is -0.377 e. The molecule has 174 valence electrons. The molecule has 1 fully saturated rings. The van der Waals surface area contributed by atoms with Gasteiger partial charge in [-0.3, -0.25) is 9.59 Å². The third-order valence-corrected chi connectivity index (χ3v) is 6.71. The van der Waals surface area contributed by atoms with Gasteiger partial charge in [0.2, 0.25) is 5.91 Å². The third-order valence-electron chi connectivity index (χ3n) is 5.97. The number of thioether (sulfide) groups is 1. The number of para-hydroxylation sites is 1. The van der Waals surface area contributed by atoms with Crippen molar-refractivity contribution in [3.63, 3.8) is 0 Å². The summed E-state index contributed by atoms with van der Waals surface area (Å²) in [6.07, 6.45) is 3.75. The van der Waals surface area contributed by atoms with Crippen LogP contribution in [0.2, 0.25) is 0 Å². The first-order valence-corrected chi connectivity index (χ1v) is 12.3. The third kappa shape index (κ3) is 4.24. The number of hydrogen-bond acceptors (Lipinski definition) is 7. The molecule has 0 aliphatic carbocycles. The zero-order chi connectivity index (χ0) is 23.7. The molecule has 0 spiro atoms. The van der Waals surface area contributed by atoms with E-state index in [-0.39, 0.29) is 11.8 Å². The highest BCUT2D eigenvalue weighted by atomic mass is 32.2. The van der Waals surface area contributed by atoms with E-state index in [9.17, 15) is 9.59 Å². The summed E-state index contributed by atoms with van der Waals surface area (Å²) >= 11 is 1.68. The fourth-order valence-electron chi connectivity index (χ4n) is 4.31. The normalized spacial score (nSPS) is 17.2. The van der Waals surface area contributed by atoms with E-state index in [1.165, 1.54) is 11.8 Å². The topological polar surface area (TPSA) is 87.7 Å². The summed E-state index contributed by atoms with van der Waals surface area (Å²) in [6.45, 7) is 3.32. The van der Waals surface area contributed by atoms with Gasteiger partial charge in [-0.1, -0.05) is 24.3 Å². The van der Waals surface area contributed by atoms with Crippen molar-refractivity contribution in [1.29, 1.82) is 0 Å². The minimum absolute atomic E-state index is 0.0175. The first-order valence-electron chi connectivity index (χ1n) is 11.1. The molecule has 2 amide bonds. The Hall–Kier alpha value is -3.43. The Morgan fingerprint density at radius 3 is 2.76 bits per heavy atom. The van der Waals surface area contributed by atoms with Gasteiger partial charge in [-0.25, -0.2) is 9.97 Å². The predicted molar refractivity (Wildman–Crippen MR) is 133 cm³/mol. The van der Waals surface area contributed by atoms with Crippen LogP contribution in [0.25, 0.3) is 11.4 Å². The lowest BCUT2D eigenvalue weighted by Crippen LogP contribution is -2.58.